The van der Waals surface area contributed by atoms with Crippen LogP contribution in [-0.2, 0) is 62.0 Å². The van der Waals surface area contributed by atoms with Gasteiger partial charge >= 0.3 is 6.03 Å². The van der Waals surface area contributed by atoms with E-state index in [4.69, 9.17) is 66.7 Å². The summed E-state index contributed by atoms with van der Waals surface area (Å²) in [6, 6.07) is 0.839. The Morgan fingerprint density at radius 3 is 1.91 bits per heavy atom. The Labute approximate surface area is 700 Å². The molecule has 11 bridgehead atoms. The molecule has 39 nitrogen and oxygen atoms in total. The monoisotopic (exact) mass is 1710 g/mol. The topological polar surface area (TPSA) is 590 Å². The standard InChI is InChI=1S/C81H106ClN13O26/c1-11-95(79(113)87-21-12-22-94(9)10)77(112)60-44-28-41(97)29-49(99)57(44)43-24-38(15-19-48(43)98)58-73(108)93-62(76(111)91-60)66(119-55-31-80(6,84)69(104)35(4)114-55)37-13-17-42(18-14-37)116-51-26-40-27-52(67(51)121-78-68(65(103)64(102)53(33-96)118-78)120-56-32-81(7,85)70(105)36(5)115-56)117-50-20-16-39(25-45(50)82)63(101)61(92-71(106)46(86-8)23-34(2)3)75(110)88-47(30-54(83)100)72(107)89-59(40)74(109)90-58/h13-20,24-29,34-36,46-47,53,55-56,58-66,68-70,78,86,96-99,101-105H,11-12,21-23,30-33,84-85H2,1-10H3,(H2,83,100)(H,87,113)(H,88,110)(H,89,107)(H,90,109)(H,91,111)(H,92,106)(H,93,108)/t35-,36-,46?,47?,53+,55-,56-,58?,59?,60?,61?,62?,63?,64+,65-,66?,68+,69-,70-,78-,80-,81-/m1/s1. The number of aromatic hydroxyl groups is 3. The molecule has 8 aliphatic heterocycles. The van der Waals surface area contributed by atoms with Gasteiger partial charge in [-0.05, 0) is 163 Å². The third-order valence-electron chi connectivity index (χ3n) is 22.0. The lowest BCUT2D eigenvalue weighted by Gasteiger charge is -2.47. The van der Waals surface area contributed by atoms with E-state index in [9.17, 15) is 60.3 Å². The Morgan fingerprint density at radius 1 is 0.694 bits per heavy atom. The summed E-state index contributed by atoms with van der Waals surface area (Å²) in [5.41, 5.74) is 13.9. The number of nitrogens with two attached hydrogens (primary N) is 3. The van der Waals surface area contributed by atoms with Crippen LogP contribution in [0.1, 0.15) is 139 Å². The van der Waals surface area contributed by atoms with Crippen LogP contribution < -0.4 is 73.9 Å². The third kappa shape index (κ3) is 20.6. The van der Waals surface area contributed by atoms with Crippen molar-refractivity contribution in [2.75, 3.05) is 47.4 Å². The maximum absolute atomic E-state index is 16.6. The van der Waals surface area contributed by atoms with E-state index in [0.29, 0.717) is 13.0 Å². The van der Waals surface area contributed by atoms with Crippen LogP contribution in [0, 0.1) is 5.92 Å². The predicted octanol–water partition coefficient (Wildman–Crippen LogP) is 0.115. The summed E-state index contributed by atoms with van der Waals surface area (Å²) in [5.74, 6) is -14.9. The van der Waals surface area contributed by atoms with Crippen molar-refractivity contribution in [2.45, 2.75) is 214 Å². The number of aliphatic hydroxyl groups excluding tert-OH is 6. The van der Waals surface area contributed by atoms with Gasteiger partial charge in [-0.1, -0.05) is 49.7 Å². The molecule has 0 aliphatic carbocycles. The van der Waals surface area contributed by atoms with Crippen LogP contribution in [0.3, 0.4) is 0 Å². The van der Waals surface area contributed by atoms with Crippen LogP contribution in [0.25, 0.3) is 11.1 Å². The van der Waals surface area contributed by atoms with Gasteiger partial charge in [0, 0.05) is 54.2 Å². The van der Waals surface area contributed by atoms with Gasteiger partial charge in [-0.15, -0.1) is 0 Å². The summed E-state index contributed by atoms with van der Waals surface area (Å²) >= 11 is 7.18. The lowest BCUT2D eigenvalue weighted by molar-refractivity contribution is -0.333. The number of aliphatic hydroxyl groups is 6. The number of hydrogen-bond donors (Lipinski definition) is 20. The molecule has 22 atom stereocenters. The fraction of sp³-hybridized carbons (Fsp3) is 0.519. The van der Waals surface area contributed by atoms with Gasteiger partial charge < -0.3 is 148 Å². The summed E-state index contributed by atoms with van der Waals surface area (Å²) in [6.45, 7) is 10.3. The maximum Gasteiger partial charge on any atom is 0.324 e. The van der Waals surface area contributed by atoms with E-state index in [1.165, 1.54) is 78.1 Å². The molecule has 0 aromatic heterocycles. The van der Waals surface area contributed by atoms with Gasteiger partial charge in [0.15, 0.2) is 30.2 Å². The molecule has 40 heteroatoms. The molecule has 10 amide bonds. The number of urea groups is 1. The summed E-state index contributed by atoms with van der Waals surface area (Å²) in [5, 5.41) is 126. The Morgan fingerprint density at radius 2 is 1.31 bits per heavy atom. The molecule has 8 aliphatic rings. The number of carbonyl (C=O) groups is 9. The molecule has 0 radical (unpaired) electrons. The van der Waals surface area contributed by atoms with Crippen molar-refractivity contribution < 1.29 is 127 Å². The van der Waals surface area contributed by atoms with Gasteiger partial charge in [0.1, 0.15) is 95.5 Å². The molecule has 121 heavy (non-hydrogen) atoms. The molecule has 5 aromatic rings. The minimum absolute atomic E-state index is 0.0436. The van der Waals surface area contributed by atoms with E-state index >= 15 is 28.8 Å². The number of primary amides is 1. The quantitative estimate of drug-likeness (QED) is 0.0460. The number of hydrogen-bond acceptors (Lipinski definition) is 30. The van der Waals surface area contributed by atoms with Crippen molar-refractivity contribution in [2.24, 2.45) is 23.1 Å². The molecule has 23 N–H and O–H groups in total. The van der Waals surface area contributed by atoms with E-state index in [1.54, 1.807) is 0 Å². The van der Waals surface area contributed by atoms with Crippen molar-refractivity contribution in [3.05, 3.63) is 118 Å². The number of fused-ring (bicyclic) bond motifs is 15. The highest BCUT2D eigenvalue weighted by Crippen LogP contribution is 2.50. The Hall–Kier alpha value is -10.2. The lowest BCUT2D eigenvalue weighted by Crippen LogP contribution is -2.64. The summed E-state index contributed by atoms with van der Waals surface area (Å²) in [6.07, 6.45) is -22.2. The average Bonchev–Trinajstić information content (AvgIpc) is 0.761. The Balaban J connectivity index is 1.18. The van der Waals surface area contributed by atoms with E-state index in [1.807, 2.05) is 32.8 Å². The minimum atomic E-state index is -2.37. The van der Waals surface area contributed by atoms with Gasteiger partial charge in [0.25, 0.3) is 5.91 Å². The number of carbonyl (C=O) groups excluding carboxylic acids is 9. The molecule has 3 fully saturated rings. The average molecular weight is 1710 g/mol. The first-order chi connectivity index (χ1) is 57.1. The largest absolute Gasteiger partial charge is 0.508 e. The highest BCUT2D eigenvalue weighted by Gasteiger charge is 2.53. The van der Waals surface area contributed by atoms with Crippen LogP contribution in [-0.4, -0.2) is 259 Å². The van der Waals surface area contributed by atoms with Crippen LogP contribution in [0.15, 0.2) is 84.9 Å². The minimum Gasteiger partial charge on any atom is -0.508 e. The first-order valence-corrected chi connectivity index (χ1v) is 39.9. The summed E-state index contributed by atoms with van der Waals surface area (Å²) < 4.78 is 52.3. The molecule has 0 saturated carbocycles. The van der Waals surface area contributed by atoms with Crippen LogP contribution in [0.4, 0.5) is 4.79 Å². The highest BCUT2D eigenvalue weighted by molar-refractivity contribution is 6.32. The number of imide groups is 1. The number of rotatable bonds is 20. The maximum atomic E-state index is 16.6. The molecule has 5 aromatic carbocycles. The van der Waals surface area contributed by atoms with Gasteiger partial charge in [0.2, 0.25) is 53.4 Å². The van der Waals surface area contributed by atoms with E-state index in [2.05, 4.69) is 42.5 Å². The van der Waals surface area contributed by atoms with Crippen molar-refractivity contribution in [3.8, 4) is 57.1 Å². The molecule has 0 spiro atoms. The molecule has 3 saturated heterocycles. The van der Waals surface area contributed by atoms with Gasteiger partial charge in [0.05, 0.1) is 48.5 Å². The molecule has 9 unspecified atom stereocenters. The molecular formula is C81H106ClN13O26. The number of nitrogens with zero attached hydrogens (tertiary/aromatic N) is 2. The number of phenols is 3. The summed E-state index contributed by atoms with van der Waals surface area (Å²) in [4.78, 5) is 140. The van der Waals surface area contributed by atoms with E-state index < -0.39 is 256 Å². The number of halogens is 1. The van der Waals surface area contributed by atoms with Crippen LogP contribution >= 0.6 is 11.6 Å². The number of nitrogens with one attached hydrogen (secondary N) is 8. The molecule has 8 heterocycles. The van der Waals surface area contributed by atoms with Gasteiger partial charge in [-0.3, -0.25) is 43.3 Å². The Bertz CT molecular complexity index is 4680. The fourth-order valence-electron chi connectivity index (χ4n) is 15.5. The third-order valence-corrected chi connectivity index (χ3v) is 22.3. The predicted molar refractivity (Wildman–Crippen MR) is 427 cm³/mol. The van der Waals surface area contributed by atoms with Crippen LogP contribution in [0.5, 0.6) is 46.0 Å². The van der Waals surface area contributed by atoms with Crippen molar-refractivity contribution in [3.63, 3.8) is 0 Å². The van der Waals surface area contributed by atoms with E-state index in [0.717, 1.165) is 53.4 Å². The lowest BCUT2D eigenvalue weighted by atomic mass is 9.86. The second-order valence-electron chi connectivity index (χ2n) is 32.3. The smallest absolute Gasteiger partial charge is 0.324 e. The van der Waals surface area contributed by atoms with Crippen molar-refractivity contribution in [1.29, 1.82) is 0 Å². The zero-order valence-corrected chi connectivity index (χ0v) is 68.8. The molecule has 658 valence electrons. The first kappa shape index (κ1) is 91.6. The van der Waals surface area contributed by atoms with Crippen molar-refractivity contribution in [1.82, 2.24) is 52.3 Å². The van der Waals surface area contributed by atoms with Crippen LogP contribution in [0.2, 0.25) is 5.02 Å². The molecule has 13 rings (SSSR count). The SMILES string of the molecule is CCN(C(=O)NCCCN(C)C)C(=O)C1NC(=O)C2NC(=O)C(NC(=O)C3NC(=O)C(CC(N)=O)NC(=O)C(NC(=O)C(CC(C)C)NC)C(O)c4ccc(c(Cl)c4)Oc4cc3cc(c4O[C@H]3O[C@@H](CO)[C@H](O)[C@@H](O)[C@@H]3O[C@@H]3C[C@@](C)(N)[C@H](O)[C@@H](C)O3)Oc3ccc(cc3)C2O[C@@H]2C[C@@](C)(N)[C@H](O)[C@@H](C)O2)c2ccc(O)c(c2)-c2c(O)cc(O)cc21. The van der Waals surface area contributed by atoms with Crippen molar-refractivity contribution >= 4 is 64.9 Å². The molecular weight excluding hydrogens is 1610 g/mol. The highest BCUT2D eigenvalue weighted by atomic mass is 35.5. The van der Waals surface area contributed by atoms with E-state index in [-0.39, 0.29) is 71.5 Å². The number of phenolic OH excluding ortho intramolecular Hbond substituents is 3. The number of likely N-dealkylation sites (N-methyl/N-ethyl adjacent to an activating group) is 2. The fourth-order valence-corrected chi connectivity index (χ4v) is 15.7. The van der Waals surface area contributed by atoms with Gasteiger partial charge in [-0.2, -0.15) is 0 Å². The summed E-state index contributed by atoms with van der Waals surface area (Å²) in [7, 11) is 5.10. The second kappa shape index (κ2) is 38.1. The number of amides is 10. The Kier molecular flexibility index (Phi) is 28.8. The number of ether oxygens (including phenoxy) is 8. The zero-order valence-electron chi connectivity index (χ0n) is 68.0. The number of benzene rings is 5. The second-order valence-corrected chi connectivity index (χ2v) is 32.7. The normalized spacial score (nSPS) is 30.4. The zero-order chi connectivity index (χ0) is 88.3. The van der Waals surface area contributed by atoms with Gasteiger partial charge in [-0.25, -0.2) is 4.79 Å². The first-order valence-electron chi connectivity index (χ1n) is 39.5.